The topological polar surface area (TPSA) is 122 Å². The zero-order valence-electron chi connectivity index (χ0n) is 17.0. The number of amides is 2. The Bertz CT molecular complexity index is 1310. The molecule has 0 radical (unpaired) electrons. The summed E-state index contributed by atoms with van der Waals surface area (Å²) in [6.07, 6.45) is -0.359. The number of nitrogens with zero attached hydrogens (tertiary/aromatic N) is 4. The quantitative estimate of drug-likeness (QED) is 0.342. The van der Waals surface area contributed by atoms with Crippen molar-refractivity contribution in [3.05, 3.63) is 75.6 Å². The van der Waals surface area contributed by atoms with Crippen molar-refractivity contribution < 1.29 is 22.8 Å². The molecule has 0 aliphatic carbocycles. The Kier molecular flexibility index (Phi) is 6.79. The molecule has 4 rings (SSSR count). The van der Waals surface area contributed by atoms with E-state index in [1.807, 2.05) is 0 Å². The number of carbonyl (C=O) groups excluding carboxylic acids is 2. The number of alkyl halides is 3. The molecule has 1 aromatic carbocycles. The molecule has 0 fully saturated rings. The summed E-state index contributed by atoms with van der Waals surface area (Å²) in [5, 5.41) is 10.9. The minimum Gasteiger partial charge on any atom is -0.344 e. The molecule has 0 saturated carbocycles. The van der Waals surface area contributed by atoms with Gasteiger partial charge in [0.15, 0.2) is 5.13 Å². The molecular weight excluding hydrogens is 491 g/mol. The number of carbonyl (C=O) groups is 2. The van der Waals surface area contributed by atoms with E-state index in [0.717, 1.165) is 23.5 Å². The summed E-state index contributed by atoms with van der Waals surface area (Å²) < 4.78 is 38.5. The van der Waals surface area contributed by atoms with Crippen LogP contribution in [0.4, 0.5) is 29.8 Å². The fourth-order valence-electron chi connectivity index (χ4n) is 2.65. The maximum absolute atomic E-state index is 12.8. The van der Waals surface area contributed by atoms with Crippen LogP contribution >= 0.6 is 22.7 Å². The Balaban J connectivity index is 1.34. The molecule has 3 aromatic heterocycles. The van der Waals surface area contributed by atoms with Crippen LogP contribution in [0.25, 0.3) is 0 Å². The molecule has 0 saturated heterocycles. The van der Waals surface area contributed by atoms with E-state index >= 15 is 0 Å². The highest BCUT2D eigenvalue weighted by molar-refractivity contribution is 7.14. The summed E-state index contributed by atoms with van der Waals surface area (Å²) in [4.78, 5) is 41.1. The normalized spacial score (nSPS) is 11.1. The van der Waals surface area contributed by atoms with Crippen molar-refractivity contribution in [2.24, 2.45) is 0 Å². The van der Waals surface area contributed by atoms with Gasteiger partial charge in [0.2, 0.25) is 0 Å². The highest BCUT2D eigenvalue weighted by Gasteiger charge is 2.30. The van der Waals surface area contributed by atoms with Gasteiger partial charge in [-0.15, -0.1) is 22.7 Å². The average molecular weight is 506 g/mol. The second kappa shape index (κ2) is 9.93. The van der Waals surface area contributed by atoms with E-state index < -0.39 is 23.6 Å². The van der Waals surface area contributed by atoms with E-state index in [0.29, 0.717) is 16.0 Å². The number of aromatic nitrogens is 4. The van der Waals surface area contributed by atoms with Crippen LogP contribution in [0.3, 0.4) is 0 Å². The van der Waals surface area contributed by atoms with Crippen LogP contribution in [0.5, 0.6) is 0 Å². The van der Waals surface area contributed by atoms with Gasteiger partial charge in [-0.2, -0.15) is 13.2 Å². The van der Waals surface area contributed by atoms with E-state index in [9.17, 15) is 22.8 Å². The molecule has 2 amide bonds. The van der Waals surface area contributed by atoms with Gasteiger partial charge in [-0.3, -0.25) is 9.59 Å². The first-order chi connectivity index (χ1) is 16.3. The summed E-state index contributed by atoms with van der Waals surface area (Å²) in [5.74, 6) is -0.684. The monoisotopic (exact) mass is 505 g/mol. The maximum atomic E-state index is 12.8. The molecule has 3 N–H and O–H groups in total. The molecule has 14 heteroatoms. The van der Waals surface area contributed by atoms with Gasteiger partial charge in [0.05, 0.1) is 18.3 Å². The Labute approximate surface area is 198 Å². The number of anilines is 3. The standard InChI is InChI=1S/C20H14F3N7O2S2/c21-20(22,23)11-2-1-3-12(6-11)29-18(32)14-8-25-16(34-14)9-26-17(31)13-7-15(28-10-27-13)30-19-24-4-5-33-19/h1-8,10H,9H2,(H,26,31)(H,29,32)(H,24,27,28,30). The number of halogens is 3. The van der Waals surface area contributed by atoms with Crippen molar-refractivity contribution in [2.75, 3.05) is 10.6 Å². The van der Waals surface area contributed by atoms with Crippen LogP contribution in [-0.4, -0.2) is 31.8 Å². The zero-order valence-corrected chi connectivity index (χ0v) is 18.6. The third kappa shape index (κ3) is 5.90. The number of hydrogen-bond donors (Lipinski definition) is 3. The van der Waals surface area contributed by atoms with Gasteiger partial charge in [-0.1, -0.05) is 6.07 Å². The minimum atomic E-state index is -4.52. The van der Waals surface area contributed by atoms with Crippen molar-refractivity contribution >= 4 is 51.1 Å². The fraction of sp³-hybridized carbons (Fsp3) is 0.100. The molecule has 0 aliphatic rings. The molecule has 3 heterocycles. The number of nitrogens with one attached hydrogen (secondary N) is 3. The van der Waals surface area contributed by atoms with Gasteiger partial charge >= 0.3 is 6.18 Å². The third-order valence-corrected chi connectivity index (χ3v) is 5.88. The molecule has 34 heavy (non-hydrogen) atoms. The second-order valence-corrected chi connectivity index (χ2v) is 8.59. The Morgan fingerprint density at radius 3 is 2.65 bits per heavy atom. The summed E-state index contributed by atoms with van der Waals surface area (Å²) in [6, 6.07) is 5.79. The van der Waals surface area contributed by atoms with Gasteiger partial charge in [-0.25, -0.2) is 19.9 Å². The Morgan fingerprint density at radius 1 is 1.03 bits per heavy atom. The van der Waals surface area contributed by atoms with Crippen LogP contribution in [0, 0.1) is 0 Å². The van der Waals surface area contributed by atoms with Crippen molar-refractivity contribution in [3.63, 3.8) is 0 Å². The predicted octanol–water partition coefficient (Wildman–Crippen LogP) is 4.33. The first kappa shape index (κ1) is 23.3. The molecule has 0 bridgehead atoms. The summed E-state index contributed by atoms with van der Waals surface area (Å²) >= 11 is 2.37. The maximum Gasteiger partial charge on any atom is 0.416 e. The molecular formula is C20H14F3N7O2S2. The van der Waals surface area contributed by atoms with Gasteiger partial charge in [0.25, 0.3) is 11.8 Å². The lowest BCUT2D eigenvalue weighted by atomic mass is 10.2. The lowest BCUT2D eigenvalue weighted by molar-refractivity contribution is -0.137. The molecule has 9 nitrogen and oxygen atoms in total. The van der Waals surface area contributed by atoms with Gasteiger partial charge in [-0.05, 0) is 18.2 Å². The van der Waals surface area contributed by atoms with E-state index in [-0.39, 0.29) is 22.8 Å². The van der Waals surface area contributed by atoms with Gasteiger partial charge in [0, 0.05) is 23.3 Å². The first-order valence-corrected chi connectivity index (χ1v) is 11.2. The molecule has 0 aliphatic heterocycles. The lowest BCUT2D eigenvalue weighted by Crippen LogP contribution is -2.24. The summed E-state index contributed by atoms with van der Waals surface area (Å²) in [5.41, 5.74) is -0.741. The molecule has 174 valence electrons. The van der Waals surface area contributed by atoms with Crippen LogP contribution in [-0.2, 0) is 12.7 Å². The second-order valence-electron chi connectivity index (χ2n) is 6.58. The number of benzene rings is 1. The molecule has 0 spiro atoms. The molecule has 0 atom stereocenters. The van der Waals surface area contributed by atoms with E-state index in [1.165, 1.54) is 42.1 Å². The number of hydrogen-bond acceptors (Lipinski definition) is 9. The highest BCUT2D eigenvalue weighted by Crippen LogP contribution is 2.30. The van der Waals surface area contributed by atoms with Crippen molar-refractivity contribution in [1.82, 2.24) is 25.3 Å². The van der Waals surface area contributed by atoms with Crippen molar-refractivity contribution in [2.45, 2.75) is 12.7 Å². The lowest BCUT2D eigenvalue weighted by Gasteiger charge is -2.09. The summed E-state index contributed by atoms with van der Waals surface area (Å²) in [7, 11) is 0. The Hall–Kier alpha value is -3.91. The summed E-state index contributed by atoms with van der Waals surface area (Å²) in [6.45, 7) is 0.0274. The number of rotatable bonds is 7. The SMILES string of the molecule is O=C(NCc1ncc(C(=O)Nc2cccc(C(F)(F)F)c2)s1)c1cc(Nc2nccs2)ncn1. The predicted molar refractivity (Wildman–Crippen MR) is 120 cm³/mol. The number of thiazole rings is 2. The average Bonchev–Trinajstić information content (AvgIpc) is 3.49. The van der Waals surface area contributed by atoms with Crippen molar-refractivity contribution in [1.29, 1.82) is 0 Å². The fourth-order valence-corrected chi connectivity index (χ4v) is 3.94. The smallest absolute Gasteiger partial charge is 0.344 e. The van der Waals surface area contributed by atoms with Crippen LogP contribution in [0.1, 0.15) is 30.7 Å². The zero-order chi connectivity index (χ0) is 24.1. The largest absolute Gasteiger partial charge is 0.416 e. The van der Waals surface area contributed by atoms with Crippen LogP contribution < -0.4 is 16.0 Å². The molecule has 0 unspecified atom stereocenters. The van der Waals surface area contributed by atoms with E-state index in [2.05, 4.69) is 35.9 Å². The van der Waals surface area contributed by atoms with Crippen molar-refractivity contribution in [3.8, 4) is 0 Å². The van der Waals surface area contributed by atoms with Crippen LogP contribution in [0.2, 0.25) is 0 Å². The first-order valence-electron chi connectivity index (χ1n) is 9.48. The van der Waals surface area contributed by atoms with Crippen LogP contribution in [0.15, 0.2) is 54.4 Å². The molecule has 4 aromatic rings. The Morgan fingerprint density at radius 2 is 1.88 bits per heavy atom. The van der Waals surface area contributed by atoms with Gasteiger partial charge in [0.1, 0.15) is 27.7 Å². The van der Waals surface area contributed by atoms with E-state index in [1.54, 1.807) is 11.6 Å². The minimum absolute atomic E-state index is 0.00833. The third-order valence-electron chi connectivity index (χ3n) is 4.19. The van der Waals surface area contributed by atoms with Gasteiger partial charge < -0.3 is 16.0 Å². The highest BCUT2D eigenvalue weighted by atomic mass is 32.1. The van der Waals surface area contributed by atoms with E-state index in [4.69, 9.17) is 0 Å².